The molecule has 0 aliphatic rings. The van der Waals surface area contributed by atoms with Gasteiger partial charge in [0.2, 0.25) is 0 Å². The van der Waals surface area contributed by atoms with Gasteiger partial charge in [0.05, 0.1) is 4.47 Å². The minimum Gasteiger partial charge on any atom is -0.488 e. The lowest BCUT2D eigenvalue weighted by molar-refractivity contribution is 0.304. The number of ether oxygens (including phenoxy) is 1. The van der Waals surface area contributed by atoms with Crippen LogP contribution in [0.1, 0.15) is 31.9 Å². The highest BCUT2D eigenvalue weighted by atomic mass is 79.9. The van der Waals surface area contributed by atoms with Crippen LogP contribution in [-0.2, 0) is 12.0 Å². The number of benzene rings is 2. The maximum atomic E-state index is 5.80. The molecule has 0 bridgehead atoms. The van der Waals surface area contributed by atoms with Gasteiger partial charge in [-0.1, -0.05) is 57.2 Å². The van der Waals surface area contributed by atoms with Crippen molar-refractivity contribution in [2.45, 2.75) is 32.8 Å². The van der Waals surface area contributed by atoms with Crippen molar-refractivity contribution in [3.63, 3.8) is 0 Å². The van der Waals surface area contributed by atoms with Crippen LogP contribution < -0.4 is 4.74 Å². The Morgan fingerprint density at radius 1 is 0.947 bits per heavy atom. The van der Waals surface area contributed by atoms with Crippen molar-refractivity contribution in [3.05, 3.63) is 64.1 Å². The van der Waals surface area contributed by atoms with Gasteiger partial charge in [-0.3, -0.25) is 0 Å². The van der Waals surface area contributed by atoms with E-state index in [0.29, 0.717) is 6.61 Å². The molecule has 0 aliphatic carbocycles. The smallest absolute Gasteiger partial charge is 0.133 e. The van der Waals surface area contributed by atoms with E-state index < -0.39 is 0 Å². The van der Waals surface area contributed by atoms with Gasteiger partial charge < -0.3 is 4.74 Å². The Labute approximate surface area is 123 Å². The summed E-state index contributed by atoms with van der Waals surface area (Å²) >= 11 is 3.48. The average molecular weight is 319 g/mol. The molecule has 0 N–H and O–H groups in total. The van der Waals surface area contributed by atoms with Gasteiger partial charge in [0.25, 0.3) is 0 Å². The van der Waals surface area contributed by atoms with Gasteiger partial charge in [-0.2, -0.15) is 0 Å². The second-order valence-corrected chi connectivity index (χ2v) is 6.52. The maximum Gasteiger partial charge on any atom is 0.133 e. The van der Waals surface area contributed by atoms with E-state index in [1.165, 1.54) is 11.1 Å². The third kappa shape index (κ3) is 3.84. The molecule has 2 aromatic carbocycles. The number of rotatable bonds is 3. The summed E-state index contributed by atoms with van der Waals surface area (Å²) in [6.45, 7) is 7.26. The standard InChI is InChI=1S/C17H19BrO/c1-17(2,3)14-10-8-13(9-11-14)12-19-16-7-5-4-6-15(16)18/h4-11H,12H2,1-3H3. The molecule has 100 valence electrons. The molecule has 2 aromatic rings. The lowest BCUT2D eigenvalue weighted by Crippen LogP contribution is -2.10. The normalized spacial score (nSPS) is 11.4. The Morgan fingerprint density at radius 2 is 1.58 bits per heavy atom. The van der Waals surface area contributed by atoms with Gasteiger partial charge in [0.1, 0.15) is 12.4 Å². The maximum absolute atomic E-state index is 5.80. The molecule has 0 aliphatic heterocycles. The first kappa shape index (κ1) is 14.1. The van der Waals surface area contributed by atoms with Crippen molar-refractivity contribution in [2.24, 2.45) is 0 Å². The largest absolute Gasteiger partial charge is 0.488 e. The molecule has 0 unspecified atom stereocenters. The minimum absolute atomic E-state index is 0.196. The predicted octanol–water partition coefficient (Wildman–Crippen LogP) is 5.33. The summed E-state index contributed by atoms with van der Waals surface area (Å²) in [5, 5.41) is 0. The number of para-hydroxylation sites is 1. The zero-order chi connectivity index (χ0) is 13.9. The first-order valence-electron chi connectivity index (χ1n) is 6.43. The lowest BCUT2D eigenvalue weighted by Gasteiger charge is -2.19. The Kier molecular flexibility index (Phi) is 4.31. The van der Waals surface area contributed by atoms with Crippen molar-refractivity contribution in [1.82, 2.24) is 0 Å². The highest BCUT2D eigenvalue weighted by Gasteiger charge is 2.12. The average Bonchev–Trinajstić information content (AvgIpc) is 2.37. The Bertz CT molecular complexity index is 538. The fourth-order valence-corrected chi connectivity index (χ4v) is 2.22. The fraction of sp³-hybridized carbons (Fsp3) is 0.294. The van der Waals surface area contributed by atoms with Crippen LogP contribution in [0.3, 0.4) is 0 Å². The van der Waals surface area contributed by atoms with Gasteiger partial charge in [0.15, 0.2) is 0 Å². The predicted molar refractivity (Wildman–Crippen MR) is 83.6 cm³/mol. The van der Waals surface area contributed by atoms with Gasteiger partial charge in [-0.25, -0.2) is 0 Å². The molecule has 2 heteroatoms. The van der Waals surface area contributed by atoms with Crippen molar-refractivity contribution in [1.29, 1.82) is 0 Å². The Hall–Kier alpha value is -1.28. The van der Waals surface area contributed by atoms with Gasteiger partial charge in [-0.15, -0.1) is 0 Å². The van der Waals surface area contributed by atoms with Crippen molar-refractivity contribution in [2.75, 3.05) is 0 Å². The second kappa shape index (κ2) is 5.79. The summed E-state index contributed by atoms with van der Waals surface area (Å²) in [6.07, 6.45) is 0. The quantitative estimate of drug-likeness (QED) is 0.743. The topological polar surface area (TPSA) is 9.23 Å². The van der Waals surface area contributed by atoms with E-state index in [0.717, 1.165) is 10.2 Å². The van der Waals surface area contributed by atoms with Gasteiger partial charge >= 0.3 is 0 Å². The summed E-state index contributed by atoms with van der Waals surface area (Å²) in [4.78, 5) is 0. The molecule has 0 saturated heterocycles. The molecule has 19 heavy (non-hydrogen) atoms. The van der Waals surface area contributed by atoms with Crippen LogP contribution in [0.2, 0.25) is 0 Å². The zero-order valence-corrected chi connectivity index (χ0v) is 13.2. The van der Waals surface area contributed by atoms with Crippen LogP contribution in [0.4, 0.5) is 0 Å². The molecule has 0 aromatic heterocycles. The fourth-order valence-electron chi connectivity index (χ4n) is 1.82. The SMILES string of the molecule is CC(C)(C)c1ccc(COc2ccccc2Br)cc1. The van der Waals surface area contributed by atoms with Crippen LogP contribution in [0.5, 0.6) is 5.75 Å². The second-order valence-electron chi connectivity index (χ2n) is 5.67. The molecule has 0 spiro atoms. The van der Waals surface area contributed by atoms with Crippen molar-refractivity contribution < 1.29 is 4.74 Å². The molecule has 2 rings (SSSR count). The number of hydrogen-bond acceptors (Lipinski definition) is 1. The van der Waals surface area contributed by atoms with Crippen LogP contribution in [-0.4, -0.2) is 0 Å². The summed E-state index contributed by atoms with van der Waals surface area (Å²) in [7, 11) is 0. The third-order valence-electron chi connectivity index (χ3n) is 3.05. The number of hydrogen-bond donors (Lipinski definition) is 0. The Balaban J connectivity index is 2.03. The summed E-state index contributed by atoms with van der Waals surface area (Å²) in [5.41, 5.74) is 2.72. The highest BCUT2D eigenvalue weighted by molar-refractivity contribution is 9.10. The molecule has 0 heterocycles. The van der Waals surface area contributed by atoms with Crippen molar-refractivity contribution in [3.8, 4) is 5.75 Å². The van der Waals surface area contributed by atoms with Crippen LogP contribution in [0.25, 0.3) is 0 Å². The minimum atomic E-state index is 0.196. The van der Waals surface area contributed by atoms with Crippen LogP contribution in [0, 0.1) is 0 Å². The van der Waals surface area contributed by atoms with E-state index in [4.69, 9.17) is 4.74 Å². The Morgan fingerprint density at radius 3 is 2.16 bits per heavy atom. The lowest BCUT2D eigenvalue weighted by atomic mass is 9.87. The summed E-state index contributed by atoms with van der Waals surface area (Å²) in [5.74, 6) is 0.877. The third-order valence-corrected chi connectivity index (χ3v) is 3.71. The molecule has 0 radical (unpaired) electrons. The molecular weight excluding hydrogens is 300 g/mol. The first-order valence-corrected chi connectivity index (χ1v) is 7.23. The van der Waals surface area contributed by atoms with Gasteiger partial charge in [-0.05, 0) is 44.6 Å². The monoisotopic (exact) mass is 318 g/mol. The molecule has 0 fully saturated rings. The molecular formula is C17H19BrO. The molecule has 0 saturated carbocycles. The first-order chi connectivity index (χ1) is 8.97. The van der Waals surface area contributed by atoms with E-state index in [1.807, 2.05) is 24.3 Å². The van der Waals surface area contributed by atoms with E-state index in [2.05, 4.69) is 61.0 Å². The molecule has 0 amide bonds. The van der Waals surface area contributed by atoms with Crippen molar-refractivity contribution >= 4 is 15.9 Å². The highest BCUT2D eigenvalue weighted by Crippen LogP contribution is 2.25. The van der Waals surface area contributed by atoms with E-state index in [9.17, 15) is 0 Å². The molecule has 1 nitrogen and oxygen atoms in total. The molecule has 0 atom stereocenters. The zero-order valence-electron chi connectivity index (χ0n) is 11.6. The van der Waals surface area contributed by atoms with Crippen LogP contribution in [0.15, 0.2) is 53.0 Å². The van der Waals surface area contributed by atoms with E-state index >= 15 is 0 Å². The van der Waals surface area contributed by atoms with Gasteiger partial charge in [0, 0.05) is 0 Å². The van der Waals surface area contributed by atoms with E-state index in [1.54, 1.807) is 0 Å². The summed E-state index contributed by atoms with van der Waals surface area (Å²) in [6, 6.07) is 16.5. The van der Waals surface area contributed by atoms with Crippen LogP contribution >= 0.6 is 15.9 Å². The number of halogens is 1. The van der Waals surface area contributed by atoms with E-state index in [-0.39, 0.29) is 5.41 Å². The summed E-state index contributed by atoms with van der Waals surface area (Å²) < 4.78 is 6.79.